The van der Waals surface area contributed by atoms with Crippen LogP contribution in [0.1, 0.15) is 52.6 Å². The lowest BCUT2D eigenvalue weighted by atomic mass is 9.98. The fourth-order valence-electron chi connectivity index (χ4n) is 2.61. The van der Waals surface area contributed by atoms with Crippen LogP contribution in [-0.2, 0) is 0 Å². The van der Waals surface area contributed by atoms with Crippen LogP contribution in [0.4, 0.5) is 0 Å². The molecule has 0 spiro atoms. The van der Waals surface area contributed by atoms with Crippen LogP contribution in [0.25, 0.3) is 0 Å². The van der Waals surface area contributed by atoms with Gasteiger partial charge in [0, 0.05) is 33.4 Å². The molecular formula is C22H12Cl2O4. The molecule has 0 aromatic heterocycles. The van der Waals surface area contributed by atoms with Gasteiger partial charge in [-0.3, -0.25) is 19.2 Å². The van der Waals surface area contributed by atoms with Crippen molar-refractivity contribution < 1.29 is 19.2 Å². The van der Waals surface area contributed by atoms with E-state index in [-0.39, 0.29) is 11.6 Å². The molecule has 0 saturated carbocycles. The molecule has 0 aliphatic heterocycles. The van der Waals surface area contributed by atoms with Crippen LogP contribution < -0.4 is 0 Å². The summed E-state index contributed by atoms with van der Waals surface area (Å²) < 4.78 is 0. The summed E-state index contributed by atoms with van der Waals surface area (Å²) in [4.78, 5) is 47.2. The van der Waals surface area contributed by atoms with E-state index in [1.54, 1.807) is 24.3 Å². The van der Waals surface area contributed by atoms with E-state index in [1.807, 2.05) is 0 Å². The molecular weight excluding hydrogens is 399 g/mol. The lowest BCUT2D eigenvalue weighted by Crippen LogP contribution is -2.05. The quantitative estimate of drug-likeness (QED) is 0.427. The summed E-state index contributed by atoms with van der Waals surface area (Å²) >= 11 is 10.8. The van der Waals surface area contributed by atoms with Crippen molar-refractivity contribution in [2.24, 2.45) is 0 Å². The van der Waals surface area contributed by atoms with E-state index in [9.17, 15) is 19.2 Å². The first-order chi connectivity index (χ1) is 13.4. The van der Waals surface area contributed by atoms with Crippen LogP contribution in [-0.4, -0.2) is 22.1 Å². The third-order valence-electron chi connectivity index (χ3n) is 4.16. The zero-order valence-electron chi connectivity index (χ0n) is 14.3. The summed E-state index contributed by atoms with van der Waals surface area (Å²) in [7, 11) is 0. The molecule has 0 aliphatic rings. The molecule has 28 heavy (non-hydrogen) atoms. The summed E-state index contributed by atoms with van der Waals surface area (Å²) in [5, 5.41) is -1.18. The van der Waals surface area contributed by atoms with Crippen molar-refractivity contribution in [1.82, 2.24) is 0 Å². The molecule has 0 radical (unpaired) electrons. The number of ketones is 2. The van der Waals surface area contributed by atoms with Crippen molar-refractivity contribution in [1.29, 1.82) is 0 Å². The van der Waals surface area contributed by atoms with Crippen molar-refractivity contribution in [3.8, 4) is 0 Å². The molecule has 3 rings (SSSR count). The average molecular weight is 411 g/mol. The zero-order chi connectivity index (χ0) is 20.3. The molecule has 0 unspecified atom stereocenters. The SMILES string of the molecule is O=C(Cl)c1ccc(C(=O)c2ccc(C(=O)c3ccc(C(=O)Cl)cc3)cc2)cc1. The Labute approximate surface area is 170 Å². The van der Waals surface area contributed by atoms with Crippen molar-refractivity contribution in [3.63, 3.8) is 0 Å². The van der Waals surface area contributed by atoms with Crippen LogP contribution in [0, 0.1) is 0 Å². The third-order valence-corrected chi connectivity index (χ3v) is 4.59. The molecule has 0 N–H and O–H groups in total. The summed E-state index contributed by atoms with van der Waals surface area (Å²) in [5.74, 6) is -0.477. The minimum Gasteiger partial charge on any atom is -0.289 e. The summed E-state index contributed by atoms with van der Waals surface area (Å²) in [6, 6.07) is 18.3. The molecule has 6 heteroatoms. The smallest absolute Gasteiger partial charge is 0.252 e. The zero-order valence-corrected chi connectivity index (χ0v) is 15.8. The monoisotopic (exact) mass is 410 g/mol. The number of hydrogen-bond donors (Lipinski definition) is 0. The topological polar surface area (TPSA) is 68.3 Å². The van der Waals surface area contributed by atoms with E-state index in [1.165, 1.54) is 48.5 Å². The molecule has 0 saturated heterocycles. The summed E-state index contributed by atoms with van der Waals surface area (Å²) in [5.41, 5.74) is 2.24. The van der Waals surface area contributed by atoms with Crippen molar-refractivity contribution in [3.05, 3.63) is 106 Å². The van der Waals surface area contributed by atoms with Gasteiger partial charge in [0.05, 0.1) is 0 Å². The van der Waals surface area contributed by atoms with Gasteiger partial charge in [0.1, 0.15) is 0 Å². The van der Waals surface area contributed by atoms with E-state index >= 15 is 0 Å². The van der Waals surface area contributed by atoms with Crippen molar-refractivity contribution in [2.75, 3.05) is 0 Å². The molecule has 0 atom stereocenters. The Kier molecular flexibility index (Phi) is 5.83. The Morgan fingerprint density at radius 2 is 0.571 bits per heavy atom. The van der Waals surface area contributed by atoms with Crippen LogP contribution in [0.2, 0.25) is 0 Å². The van der Waals surface area contributed by atoms with Gasteiger partial charge in [-0.2, -0.15) is 0 Å². The lowest BCUT2D eigenvalue weighted by molar-refractivity contribution is 0.102. The fourth-order valence-corrected chi connectivity index (χ4v) is 2.86. The van der Waals surface area contributed by atoms with Gasteiger partial charge in [0.15, 0.2) is 11.6 Å². The maximum absolute atomic E-state index is 12.5. The van der Waals surface area contributed by atoms with E-state index in [4.69, 9.17) is 23.2 Å². The van der Waals surface area contributed by atoms with E-state index < -0.39 is 10.5 Å². The van der Waals surface area contributed by atoms with Crippen LogP contribution in [0.3, 0.4) is 0 Å². The molecule has 3 aromatic rings. The number of carbonyl (C=O) groups is 4. The lowest BCUT2D eigenvalue weighted by Gasteiger charge is -2.05. The van der Waals surface area contributed by atoms with E-state index in [0.29, 0.717) is 33.4 Å². The van der Waals surface area contributed by atoms with Gasteiger partial charge in [-0.1, -0.05) is 48.5 Å². The minimum atomic E-state index is -0.592. The fraction of sp³-hybridized carbons (Fsp3) is 0. The highest BCUT2D eigenvalue weighted by Gasteiger charge is 2.13. The molecule has 0 heterocycles. The maximum atomic E-state index is 12.5. The first kappa shape index (κ1) is 19.7. The minimum absolute atomic E-state index is 0.238. The van der Waals surface area contributed by atoms with Gasteiger partial charge in [0.25, 0.3) is 10.5 Å². The highest BCUT2D eigenvalue weighted by molar-refractivity contribution is 6.68. The van der Waals surface area contributed by atoms with Crippen LogP contribution in [0.5, 0.6) is 0 Å². The Balaban J connectivity index is 1.78. The number of benzene rings is 3. The molecule has 0 fully saturated rings. The standard InChI is InChI=1S/C22H12Cl2O4/c23-21(27)17-9-5-15(6-10-17)19(25)13-1-2-14(4-3-13)20(26)16-7-11-18(12-8-16)22(24)28/h1-12H. The molecule has 0 amide bonds. The highest BCUT2D eigenvalue weighted by Crippen LogP contribution is 2.16. The first-order valence-corrected chi connectivity index (χ1v) is 8.91. The van der Waals surface area contributed by atoms with Gasteiger partial charge < -0.3 is 0 Å². The number of rotatable bonds is 6. The number of carbonyl (C=O) groups excluding carboxylic acids is 4. The highest BCUT2D eigenvalue weighted by atomic mass is 35.5. The maximum Gasteiger partial charge on any atom is 0.252 e. The van der Waals surface area contributed by atoms with Crippen LogP contribution >= 0.6 is 23.2 Å². The van der Waals surface area contributed by atoms with Crippen molar-refractivity contribution in [2.45, 2.75) is 0 Å². The molecule has 4 nitrogen and oxygen atoms in total. The predicted octanol–water partition coefficient (Wildman–Crippen LogP) is 4.91. The second-order valence-corrected chi connectivity index (χ2v) is 6.62. The number of hydrogen-bond acceptors (Lipinski definition) is 4. The molecule has 138 valence electrons. The second kappa shape index (κ2) is 8.30. The predicted molar refractivity (Wildman–Crippen MR) is 107 cm³/mol. The van der Waals surface area contributed by atoms with Gasteiger partial charge >= 0.3 is 0 Å². The first-order valence-electron chi connectivity index (χ1n) is 8.16. The Morgan fingerprint density at radius 3 is 0.750 bits per heavy atom. The average Bonchev–Trinajstić information content (AvgIpc) is 2.73. The normalized spacial score (nSPS) is 10.4. The summed E-state index contributed by atoms with van der Waals surface area (Å²) in [6.07, 6.45) is 0. The molecule has 0 aliphatic carbocycles. The van der Waals surface area contributed by atoms with E-state index in [0.717, 1.165) is 0 Å². The van der Waals surface area contributed by atoms with Crippen LogP contribution in [0.15, 0.2) is 72.8 Å². The van der Waals surface area contributed by atoms with Crippen molar-refractivity contribution >= 4 is 45.3 Å². The van der Waals surface area contributed by atoms with Gasteiger partial charge in [-0.25, -0.2) is 0 Å². The number of halogens is 2. The van der Waals surface area contributed by atoms with Gasteiger partial charge in [-0.05, 0) is 47.5 Å². The van der Waals surface area contributed by atoms with Gasteiger partial charge in [-0.15, -0.1) is 0 Å². The summed E-state index contributed by atoms with van der Waals surface area (Å²) in [6.45, 7) is 0. The third kappa shape index (κ3) is 4.25. The second-order valence-electron chi connectivity index (χ2n) is 5.94. The molecule has 0 bridgehead atoms. The Hall–Kier alpha value is -3.08. The van der Waals surface area contributed by atoms with Gasteiger partial charge in [0.2, 0.25) is 0 Å². The Bertz CT molecular complexity index is 979. The molecule has 3 aromatic carbocycles. The van der Waals surface area contributed by atoms with E-state index in [2.05, 4.69) is 0 Å². The largest absolute Gasteiger partial charge is 0.289 e. The Morgan fingerprint density at radius 1 is 0.393 bits per heavy atom.